The number of para-hydroxylation sites is 3. The lowest BCUT2D eigenvalue weighted by Gasteiger charge is -2.34. The summed E-state index contributed by atoms with van der Waals surface area (Å²) in [6, 6.07) is 23.4. The molecule has 3 aromatic rings. The summed E-state index contributed by atoms with van der Waals surface area (Å²) < 4.78 is 11.4. The van der Waals surface area contributed by atoms with Gasteiger partial charge in [-0.15, -0.1) is 0 Å². The van der Waals surface area contributed by atoms with Gasteiger partial charge in [0.1, 0.15) is 18.5 Å². The minimum atomic E-state index is -0.579. The molecule has 3 aromatic carbocycles. The van der Waals surface area contributed by atoms with Crippen LogP contribution in [0.15, 0.2) is 91.0 Å². The van der Waals surface area contributed by atoms with Crippen LogP contribution in [0.5, 0.6) is 5.75 Å². The second-order valence-corrected chi connectivity index (χ2v) is 9.42. The van der Waals surface area contributed by atoms with Crippen LogP contribution in [0.4, 0.5) is 21.9 Å². The number of carbonyl (C=O) groups excluding carboxylic acids is 2. The third-order valence-corrected chi connectivity index (χ3v) is 5.94. The number of carbonyl (C=O) groups is 2. The number of allylic oxidation sites excluding steroid dienone is 1. The highest BCUT2D eigenvalue weighted by Crippen LogP contribution is 2.41. The van der Waals surface area contributed by atoms with E-state index in [1.807, 2.05) is 44.2 Å². The Bertz CT molecular complexity index is 1210. The molecule has 38 heavy (non-hydrogen) atoms. The van der Waals surface area contributed by atoms with E-state index in [2.05, 4.69) is 10.6 Å². The summed E-state index contributed by atoms with van der Waals surface area (Å²) in [7, 11) is 0. The number of hydrogen-bond acceptors (Lipinski definition) is 6. The predicted octanol–water partition coefficient (Wildman–Crippen LogP) is 5.93. The van der Waals surface area contributed by atoms with Crippen molar-refractivity contribution >= 4 is 29.1 Å². The van der Waals surface area contributed by atoms with Gasteiger partial charge in [-0.2, -0.15) is 0 Å². The number of aliphatic hydroxyl groups excluding tert-OH is 1. The minimum absolute atomic E-state index is 0.0789. The molecule has 5 N–H and O–H groups in total. The van der Waals surface area contributed by atoms with E-state index in [1.54, 1.807) is 54.6 Å². The van der Waals surface area contributed by atoms with Crippen LogP contribution >= 0.6 is 0 Å². The van der Waals surface area contributed by atoms with Crippen molar-refractivity contribution in [1.82, 2.24) is 0 Å². The Morgan fingerprint density at radius 3 is 2.34 bits per heavy atom. The van der Waals surface area contributed by atoms with E-state index in [0.717, 1.165) is 5.56 Å². The molecule has 3 rings (SSSR count). The molecule has 0 radical (unpaired) electrons. The zero-order chi connectivity index (χ0) is 27.4. The Morgan fingerprint density at radius 1 is 0.974 bits per heavy atom. The maximum atomic E-state index is 12.8. The van der Waals surface area contributed by atoms with Gasteiger partial charge in [-0.25, -0.2) is 4.79 Å². The molecule has 0 aliphatic heterocycles. The largest absolute Gasteiger partial charge is 0.491 e. The van der Waals surface area contributed by atoms with Crippen molar-refractivity contribution in [2.24, 2.45) is 5.41 Å². The van der Waals surface area contributed by atoms with Crippen LogP contribution in [-0.4, -0.2) is 30.3 Å². The summed E-state index contributed by atoms with van der Waals surface area (Å²) in [5.74, 6) is 0.343. The minimum Gasteiger partial charge on any atom is -0.491 e. The lowest BCUT2D eigenvalue weighted by Crippen LogP contribution is -2.29. The number of anilines is 3. The number of rotatable bonds is 12. The average molecular weight is 518 g/mol. The molecule has 0 aliphatic carbocycles. The summed E-state index contributed by atoms with van der Waals surface area (Å²) in [6.07, 6.45) is 3.35. The third-order valence-electron chi connectivity index (χ3n) is 5.94. The van der Waals surface area contributed by atoms with Crippen molar-refractivity contribution in [2.45, 2.75) is 32.8 Å². The molecule has 8 nitrogen and oxygen atoms in total. The summed E-state index contributed by atoms with van der Waals surface area (Å²) in [4.78, 5) is 25.1. The van der Waals surface area contributed by atoms with Gasteiger partial charge in [0.2, 0.25) is 5.91 Å². The fraction of sp³-hybridized carbons (Fsp3) is 0.267. The molecule has 0 unspecified atom stereocenters. The third kappa shape index (κ3) is 8.67. The van der Waals surface area contributed by atoms with E-state index in [-0.39, 0.29) is 19.1 Å². The number of nitrogens with one attached hydrogen (secondary N) is 2. The number of hydrogen-bond donors (Lipinski definition) is 4. The first-order valence-electron chi connectivity index (χ1n) is 12.5. The molecule has 2 amide bonds. The smallest absolute Gasteiger partial charge is 0.412 e. The van der Waals surface area contributed by atoms with Gasteiger partial charge >= 0.3 is 6.09 Å². The van der Waals surface area contributed by atoms with Crippen LogP contribution in [0, 0.1) is 5.41 Å². The number of benzene rings is 3. The van der Waals surface area contributed by atoms with Crippen LogP contribution in [0.2, 0.25) is 0 Å². The number of nitrogen functional groups attached to an aromatic ring is 1. The maximum absolute atomic E-state index is 12.8. The van der Waals surface area contributed by atoms with Crippen molar-refractivity contribution < 1.29 is 24.2 Å². The molecule has 0 aromatic heterocycles. The van der Waals surface area contributed by atoms with Gasteiger partial charge < -0.3 is 25.6 Å². The number of amides is 2. The van der Waals surface area contributed by atoms with Crippen molar-refractivity contribution in [2.75, 3.05) is 29.6 Å². The van der Waals surface area contributed by atoms with Crippen LogP contribution in [0.25, 0.3) is 0 Å². The van der Waals surface area contributed by atoms with E-state index in [9.17, 15) is 9.59 Å². The van der Waals surface area contributed by atoms with Crippen LogP contribution in [0.3, 0.4) is 0 Å². The standard InChI is InChI=1S/C30H35N3O5/c1-30(2,19-9-8-14-27(35)33-26-13-7-6-12-25(26)31)28(22-15-17-24(18-16-22)37-21-20-34)38-29(36)32-23-10-4-3-5-11-23/h3-8,10-18,28,34H,9,19-21,31H2,1-2H3,(H,32,36)(H,33,35)/b14-8+/t28-/m1/s1. The molecular weight excluding hydrogens is 482 g/mol. The zero-order valence-electron chi connectivity index (χ0n) is 21.7. The molecule has 0 fully saturated rings. The lowest BCUT2D eigenvalue weighted by atomic mass is 9.78. The average Bonchev–Trinajstić information content (AvgIpc) is 2.91. The zero-order valence-corrected chi connectivity index (χ0v) is 21.7. The highest BCUT2D eigenvalue weighted by atomic mass is 16.6. The summed E-state index contributed by atoms with van der Waals surface area (Å²) >= 11 is 0. The SMILES string of the molecule is CC(C)(CC/C=C/C(=O)Nc1ccccc1N)[C@H](OC(=O)Nc1ccccc1)c1ccc(OCCO)cc1. The normalized spacial score (nSPS) is 12.1. The topological polar surface area (TPSA) is 123 Å². The molecule has 200 valence electrons. The number of ether oxygens (including phenoxy) is 2. The maximum Gasteiger partial charge on any atom is 0.412 e. The van der Waals surface area contributed by atoms with Gasteiger partial charge in [0.25, 0.3) is 0 Å². The van der Waals surface area contributed by atoms with Crippen LogP contribution < -0.4 is 21.1 Å². The first kappa shape index (κ1) is 28.3. The monoisotopic (exact) mass is 517 g/mol. The van der Waals surface area contributed by atoms with E-state index in [0.29, 0.717) is 35.7 Å². The van der Waals surface area contributed by atoms with Gasteiger partial charge in [0, 0.05) is 11.1 Å². The van der Waals surface area contributed by atoms with Crippen LogP contribution in [0.1, 0.15) is 38.4 Å². The van der Waals surface area contributed by atoms with Gasteiger partial charge in [-0.05, 0) is 60.9 Å². The van der Waals surface area contributed by atoms with E-state index in [1.165, 1.54) is 6.08 Å². The van der Waals surface area contributed by atoms with Gasteiger partial charge in [-0.1, -0.05) is 62.4 Å². The Kier molecular flexibility index (Phi) is 10.3. The molecule has 0 heterocycles. The Labute approximate surface area is 223 Å². The summed E-state index contributed by atoms with van der Waals surface area (Å²) in [6.45, 7) is 4.15. The molecule has 8 heteroatoms. The van der Waals surface area contributed by atoms with E-state index in [4.69, 9.17) is 20.3 Å². The Hall–Kier alpha value is -4.30. The molecule has 0 bridgehead atoms. The van der Waals surface area contributed by atoms with Gasteiger partial charge in [-0.3, -0.25) is 10.1 Å². The fourth-order valence-corrected chi connectivity index (χ4v) is 3.92. The molecule has 0 saturated heterocycles. The van der Waals surface area contributed by atoms with Crippen LogP contribution in [-0.2, 0) is 9.53 Å². The highest BCUT2D eigenvalue weighted by Gasteiger charge is 2.34. The predicted molar refractivity (Wildman–Crippen MR) is 150 cm³/mol. The first-order valence-corrected chi connectivity index (χ1v) is 12.5. The molecular formula is C30H35N3O5. The molecule has 1 atom stereocenters. The molecule has 0 spiro atoms. The Morgan fingerprint density at radius 2 is 1.66 bits per heavy atom. The fourth-order valence-electron chi connectivity index (χ4n) is 3.92. The molecule has 0 saturated carbocycles. The summed E-state index contributed by atoms with van der Waals surface area (Å²) in [5.41, 5.74) is 7.90. The lowest BCUT2D eigenvalue weighted by molar-refractivity contribution is -0.111. The quantitative estimate of drug-likeness (QED) is 0.174. The first-order chi connectivity index (χ1) is 18.3. The van der Waals surface area contributed by atoms with E-state index >= 15 is 0 Å². The second kappa shape index (κ2) is 13.9. The van der Waals surface area contributed by atoms with E-state index < -0.39 is 17.6 Å². The highest BCUT2D eigenvalue weighted by molar-refractivity contribution is 6.01. The van der Waals surface area contributed by atoms with Crippen molar-refractivity contribution in [3.8, 4) is 5.75 Å². The number of nitrogens with two attached hydrogens (primary N) is 1. The second-order valence-electron chi connectivity index (χ2n) is 9.42. The summed E-state index contributed by atoms with van der Waals surface area (Å²) in [5, 5.41) is 14.5. The van der Waals surface area contributed by atoms with Crippen molar-refractivity contribution in [1.29, 1.82) is 0 Å². The van der Waals surface area contributed by atoms with Gasteiger partial charge in [0.15, 0.2) is 0 Å². The Balaban J connectivity index is 1.68. The molecule has 0 aliphatic rings. The van der Waals surface area contributed by atoms with Crippen molar-refractivity contribution in [3.05, 3.63) is 96.6 Å². The van der Waals surface area contributed by atoms with Crippen molar-refractivity contribution in [3.63, 3.8) is 0 Å². The van der Waals surface area contributed by atoms with Gasteiger partial charge in [0.05, 0.1) is 18.0 Å². The number of aliphatic hydroxyl groups is 1.